The molecule has 0 aliphatic carbocycles. The first-order chi connectivity index (χ1) is 12.4. The van der Waals surface area contributed by atoms with Crippen LogP contribution in [0.25, 0.3) is 10.7 Å². The Labute approximate surface area is 163 Å². The van der Waals surface area contributed by atoms with Crippen LogP contribution in [0, 0.1) is 13.8 Å². The van der Waals surface area contributed by atoms with E-state index in [-0.39, 0.29) is 0 Å². The van der Waals surface area contributed by atoms with Crippen LogP contribution >= 0.6 is 22.9 Å². The minimum absolute atomic E-state index is 0.427. The molecular formula is C17H20N4O2S3. The number of aldehydes is 1. The number of aromatic nitrogens is 3. The van der Waals surface area contributed by atoms with Gasteiger partial charge < -0.3 is 10.1 Å². The first kappa shape index (κ1) is 20.3. The molecule has 1 N–H and O–H groups in total. The molecule has 0 saturated carbocycles. The van der Waals surface area contributed by atoms with Gasteiger partial charge >= 0.3 is 0 Å². The number of nitrogens with zero attached hydrogens (tertiary/aromatic N) is 3. The topological polar surface area (TPSA) is 84.8 Å². The minimum atomic E-state index is -0.929. The van der Waals surface area contributed by atoms with Gasteiger partial charge in [0.15, 0.2) is 5.82 Å². The number of aryl methyl sites for hydroxylation is 2. The zero-order chi connectivity index (χ0) is 19.1. The van der Waals surface area contributed by atoms with Crippen LogP contribution in [0.5, 0.6) is 0 Å². The molecule has 0 amide bonds. The van der Waals surface area contributed by atoms with E-state index in [1.165, 1.54) is 11.5 Å². The number of thiazole rings is 1. The number of nitrogens with one attached hydrogen (secondary N) is 1. The predicted octanol–water partition coefficient (Wildman–Crippen LogP) is 3.49. The van der Waals surface area contributed by atoms with Crippen LogP contribution in [0.1, 0.15) is 16.3 Å². The lowest BCUT2D eigenvalue weighted by atomic mass is 10.2. The number of anilines is 1. The summed E-state index contributed by atoms with van der Waals surface area (Å²) >= 11 is 3.00. The monoisotopic (exact) mass is 408 g/mol. The molecule has 0 aliphatic heterocycles. The molecule has 0 aliphatic rings. The highest BCUT2D eigenvalue weighted by atomic mass is 32.2. The third-order valence-corrected chi connectivity index (χ3v) is 6.06. The van der Waals surface area contributed by atoms with Gasteiger partial charge in [0.05, 0.1) is 15.6 Å². The summed E-state index contributed by atoms with van der Waals surface area (Å²) in [5, 5.41) is 4.86. The molecule has 26 heavy (non-hydrogen) atoms. The van der Waals surface area contributed by atoms with E-state index in [9.17, 15) is 9.00 Å². The average Bonchev–Trinajstić information content (AvgIpc) is 3.22. The Morgan fingerprint density at radius 2 is 1.88 bits per heavy atom. The summed E-state index contributed by atoms with van der Waals surface area (Å²) in [6, 6.07) is 7.22. The molecule has 3 rings (SSSR count). The molecule has 2 heterocycles. The van der Waals surface area contributed by atoms with Gasteiger partial charge in [-0.2, -0.15) is 9.36 Å². The molecule has 0 radical (unpaired) electrons. The van der Waals surface area contributed by atoms with Gasteiger partial charge in [-0.05, 0) is 31.5 Å². The first-order valence-corrected chi connectivity index (χ1v) is 10.9. The second kappa shape index (κ2) is 9.65. The van der Waals surface area contributed by atoms with Crippen LogP contribution in [0.4, 0.5) is 5.13 Å². The highest BCUT2D eigenvalue weighted by molar-refractivity contribution is 7.84. The zero-order valence-corrected chi connectivity index (χ0v) is 17.4. The van der Waals surface area contributed by atoms with Crippen molar-refractivity contribution in [2.24, 2.45) is 0 Å². The summed E-state index contributed by atoms with van der Waals surface area (Å²) in [6.45, 7) is 3.98. The van der Waals surface area contributed by atoms with Crippen LogP contribution in [0.3, 0.4) is 0 Å². The van der Waals surface area contributed by atoms with Crippen molar-refractivity contribution in [2.75, 3.05) is 18.6 Å². The van der Waals surface area contributed by atoms with Crippen molar-refractivity contribution >= 4 is 45.1 Å². The Kier molecular flexibility index (Phi) is 7.55. The molecule has 9 heteroatoms. The molecule has 1 aromatic carbocycles. The summed E-state index contributed by atoms with van der Waals surface area (Å²) < 4.78 is 15.2. The number of carbonyl (C=O) groups excluding carboxylic acids is 1. The largest absolute Gasteiger partial charge is 0.363 e. The van der Waals surface area contributed by atoms with E-state index in [1.54, 1.807) is 29.7 Å². The van der Waals surface area contributed by atoms with Crippen molar-refractivity contribution in [1.82, 2.24) is 14.3 Å². The summed E-state index contributed by atoms with van der Waals surface area (Å²) in [6.07, 6.45) is 2.92. The zero-order valence-electron chi connectivity index (χ0n) is 15.0. The first-order valence-electron chi connectivity index (χ1n) is 7.76. The van der Waals surface area contributed by atoms with Gasteiger partial charge in [0.25, 0.3) is 0 Å². The van der Waals surface area contributed by atoms with Gasteiger partial charge in [-0.25, -0.2) is 4.98 Å². The molecule has 0 bridgehead atoms. The van der Waals surface area contributed by atoms with Gasteiger partial charge in [-0.1, -0.05) is 12.1 Å². The van der Waals surface area contributed by atoms with Crippen LogP contribution in [0.15, 0.2) is 29.2 Å². The van der Waals surface area contributed by atoms with E-state index in [2.05, 4.69) is 19.7 Å². The quantitative estimate of drug-likeness (QED) is 0.651. The third kappa shape index (κ3) is 5.52. The van der Waals surface area contributed by atoms with Gasteiger partial charge in [0.2, 0.25) is 5.13 Å². The Bertz CT molecular complexity index is 888. The molecule has 0 spiro atoms. The molecule has 3 aromatic rings. The normalized spacial score (nSPS) is 11.4. The summed E-state index contributed by atoms with van der Waals surface area (Å²) in [5.41, 5.74) is 1.96. The van der Waals surface area contributed by atoms with Crippen molar-refractivity contribution in [2.45, 2.75) is 25.2 Å². The van der Waals surface area contributed by atoms with E-state index in [4.69, 9.17) is 0 Å². The lowest BCUT2D eigenvalue weighted by Gasteiger charge is -1.97. The van der Waals surface area contributed by atoms with E-state index >= 15 is 0 Å². The number of carbonyl (C=O) groups is 1. The van der Waals surface area contributed by atoms with Gasteiger partial charge in [-0.3, -0.25) is 4.21 Å². The molecule has 2 aromatic heterocycles. The van der Waals surface area contributed by atoms with Crippen molar-refractivity contribution < 1.29 is 9.00 Å². The predicted molar refractivity (Wildman–Crippen MR) is 109 cm³/mol. The standard InChI is InChI=1S/C9H10O2S.C8H10N4S2/c1-12(11)9-4-2-8(3-5-9)6-7-10;1-4-6(13-5(2)10-4)7-11-8(9-3)14-12-7/h2-5,7H,6H2,1H3;1-3H3,(H,9,11,12). The second-order valence-corrected chi connectivity index (χ2v) is 8.62. The summed E-state index contributed by atoms with van der Waals surface area (Å²) in [7, 11) is 0.913. The van der Waals surface area contributed by atoms with Crippen molar-refractivity contribution in [3.8, 4) is 10.7 Å². The highest BCUT2D eigenvalue weighted by Crippen LogP contribution is 2.29. The average molecular weight is 409 g/mol. The van der Waals surface area contributed by atoms with Crippen molar-refractivity contribution in [3.05, 3.63) is 40.5 Å². The van der Waals surface area contributed by atoms with Crippen LogP contribution in [-0.4, -0.2) is 38.1 Å². The van der Waals surface area contributed by atoms with Crippen molar-refractivity contribution in [1.29, 1.82) is 0 Å². The maximum absolute atomic E-state index is 11.0. The van der Waals surface area contributed by atoms with E-state index < -0.39 is 10.8 Å². The summed E-state index contributed by atoms with van der Waals surface area (Å²) in [4.78, 5) is 20.7. The fraction of sp³-hybridized carbons (Fsp3) is 0.294. The van der Waals surface area contributed by atoms with E-state index in [0.29, 0.717) is 6.42 Å². The van der Waals surface area contributed by atoms with Gasteiger partial charge in [0, 0.05) is 47.0 Å². The lowest BCUT2D eigenvalue weighted by molar-refractivity contribution is -0.107. The van der Waals surface area contributed by atoms with Crippen LogP contribution in [0.2, 0.25) is 0 Å². The fourth-order valence-electron chi connectivity index (χ4n) is 2.07. The third-order valence-electron chi connectivity index (χ3n) is 3.32. The number of rotatable bonds is 5. The summed E-state index contributed by atoms with van der Waals surface area (Å²) in [5.74, 6) is 0.780. The number of hydrogen-bond donors (Lipinski definition) is 1. The molecular weight excluding hydrogens is 388 g/mol. The molecule has 0 fully saturated rings. The van der Waals surface area contributed by atoms with Crippen LogP contribution in [-0.2, 0) is 22.0 Å². The molecule has 1 atom stereocenters. The second-order valence-electron chi connectivity index (χ2n) is 5.29. The Morgan fingerprint density at radius 1 is 1.19 bits per heavy atom. The Morgan fingerprint density at radius 3 is 2.35 bits per heavy atom. The maximum atomic E-state index is 11.0. The SMILES string of the molecule is CNc1nc(-c2sc(C)nc2C)ns1.CS(=O)c1ccc(CC=O)cc1. The molecule has 1 unspecified atom stereocenters. The smallest absolute Gasteiger partial charge is 0.202 e. The highest BCUT2D eigenvalue weighted by Gasteiger charge is 2.12. The van der Waals surface area contributed by atoms with Gasteiger partial charge in [0.1, 0.15) is 6.29 Å². The maximum Gasteiger partial charge on any atom is 0.202 e. The fourth-order valence-corrected chi connectivity index (χ4v) is 4.02. The lowest BCUT2D eigenvalue weighted by Crippen LogP contribution is -1.89. The van der Waals surface area contributed by atoms with E-state index in [1.807, 2.05) is 33.0 Å². The molecule has 0 saturated heterocycles. The number of benzene rings is 1. The van der Waals surface area contributed by atoms with Crippen molar-refractivity contribution in [3.63, 3.8) is 0 Å². The Balaban J connectivity index is 0.000000190. The molecule has 6 nitrogen and oxygen atoms in total. The van der Waals surface area contributed by atoms with Gasteiger partial charge in [-0.15, -0.1) is 11.3 Å². The number of hydrogen-bond acceptors (Lipinski definition) is 8. The Hall–Kier alpha value is -1.97. The minimum Gasteiger partial charge on any atom is -0.363 e. The van der Waals surface area contributed by atoms with E-state index in [0.717, 1.165) is 43.3 Å². The molecule has 138 valence electrons. The van der Waals surface area contributed by atoms with Crippen LogP contribution < -0.4 is 5.32 Å².